The van der Waals surface area contributed by atoms with Crippen LogP contribution < -0.4 is 10.0 Å². The summed E-state index contributed by atoms with van der Waals surface area (Å²) < 4.78 is 78.7. The highest BCUT2D eigenvalue weighted by Crippen LogP contribution is 2.39. The second-order valence-corrected chi connectivity index (χ2v) is 11.7. The number of hydrogen-bond donors (Lipinski definition) is 1. The first-order chi connectivity index (χ1) is 18.2. The SMILES string of the molecule is CC1c2nn(C)c(-c3cncc(C(F)(F)F)n3)c2CCN1C(=O)c1cc(F)cc(N2CC(S(N)(=O)=O)C2)c1Cl. The Hall–Kier alpha value is -3.30. The average molecular weight is 588 g/mol. The molecule has 39 heavy (non-hydrogen) atoms. The van der Waals surface area contributed by atoms with Gasteiger partial charge in [0.2, 0.25) is 10.0 Å². The van der Waals surface area contributed by atoms with Crippen molar-refractivity contribution in [1.29, 1.82) is 0 Å². The van der Waals surface area contributed by atoms with Gasteiger partial charge in [-0.15, -0.1) is 0 Å². The van der Waals surface area contributed by atoms with Gasteiger partial charge in [-0.1, -0.05) is 11.6 Å². The van der Waals surface area contributed by atoms with Crippen molar-refractivity contribution >= 4 is 33.2 Å². The van der Waals surface area contributed by atoms with E-state index in [0.29, 0.717) is 23.1 Å². The molecule has 1 fully saturated rings. The molecule has 16 heteroatoms. The maximum Gasteiger partial charge on any atom is 0.434 e. The lowest BCUT2D eigenvalue weighted by molar-refractivity contribution is -0.141. The number of rotatable bonds is 4. The Morgan fingerprint density at radius 1 is 1.21 bits per heavy atom. The summed E-state index contributed by atoms with van der Waals surface area (Å²) in [5, 5.41) is 8.77. The molecule has 0 spiro atoms. The number of sulfonamides is 1. The molecule has 0 radical (unpaired) electrons. The fourth-order valence-electron chi connectivity index (χ4n) is 4.92. The minimum absolute atomic E-state index is 0.00165. The third-order valence-electron chi connectivity index (χ3n) is 6.97. The molecule has 0 bridgehead atoms. The number of aryl methyl sites for hydroxylation is 1. The normalized spacial score (nSPS) is 18.2. The molecule has 2 N–H and O–H groups in total. The Labute approximate surface area is 225 Å². The standard InChI is InChI=1S/C23H22ClF4N7O3S/c1-11-20-14(21(33(2)32-20)16-7-30-8-18(31-16)23(26,27)28)3-4-35(11)22(36)15-5-12(25)6-17(19(15)24)34-9-13(10-34)39(29,37)38/h5-8,11,13H,3-4,9-10H2,1-2H3,(H2,29,37,38). The van der Waals surface area contributed by atoms with Crippen molar-refractivity contribution in [2.75, 3.05) is 24.5 Å². The molecule has 2 aliphatic rings. The van der Waals surface area contributed by atoms with Gasteiger partial charge in [0, 0.05) is 32.2 Å². The predicted octanol–water partition coefficient (Wildman–Crippen LogP) is 2.92. The van der Waals surface area contributed by atoms with Crippen molar-refractivity contribution in [3.63, 3.8) is 0 Å². The van der Waals surface area contributed by atoms with Crippen LogP contribution in [-0.2, 0) is 29.7 Å². The molecule has 0 aliphatic carbocycles. The number of nitrogens with zero attached hydrogens (tertiary/aromatic N) is 6. The van der Waals surface area contributed by atoms with E-state index >= 15 is 0 Å². The molecule has 208 valence electrons. The number of carbonyl (C=O) groups excluding carboxylic acids is 1. The van der Waals surface area contributed by atoms with Crippen molar-refractivity contribution < 1.29 is 30.8 Å². The molecular weight excluding hydrogens is 566 g/mol. The Balaban J connectivity index is 1.44. The van der Waals surface area contributed by atoms with E-state index in [1.54, 1.807) is 14.0 Å². The van der Waals surface area contributed by atoms with E-state index in [4.69, 9.17) is 16.7 Å². The second-order valence-electron chi connectivity index (χ2n) is 9.45. The molecule has 1 amide bonds. The summed E-state index contributed by atoms with van der Waals surface area (Å²) in [6.45, 7) is 1.87. The first-order valence-corrected chi connectivity index (χ1v) is 13.7. The molecule has 0 saturated carbocycles. The van der Waals surface area contributed by atoms with E-state index in [-0.39, 0.29) is 48.0 Å². The lowest BCUT2D eigenvalue weighted by Gasteiger charge is -2.40. The number of alkyl halides is 3. The van der Waals surface area contributed by atoms with Gasteiger partial charge in [0.1, 0.15) is 16.8 Å². The highest BCUT2D eigenvalue weighted by Gasteiger charge is 2.39. The summed E-state index contributed by atoms with van der Waals surface area (Å²) in [6, 6.07) is 1.51. The van der Waals surface area contributed by atoms with Gasteiger partial charge < -0.3 is 9.80 Å². The van der Waals surface area contributed by atoms with Crippen molar-refractivity contribution in [3.05, 3.63) is 57.9 Å². The number of hydrogen-bond acceptors (Lipinski definition) is 7. The third kappa shape index (κ3) is 4.82. The first kappa shape index (κ1) is 27.3. The van der Waals surface area contributed by atoms with Gasteiger partial charge in [0.05, 0.1) is 46.1 Å². The Kier molecular flexibility index (Phi) is 6.58. The number of carbonyl (C=O) groups is 1. The maximum absolute atomic E-state index is 14.6. The van der Waals surface area contributed by atoms with Gasteiger partial charge in [0.15, 0.2) is 5.69 Å². The van der Waals surface area contributed by atoms with Crippen LogP contribution in [0.2, 0.25) is 5.02 Å². The van der Waals surface area contributed by atoms with E-state index in [1.165, 1.54) is 20.7 Å². The van der Waals surface area contributed by atoms with Crippen LogP contribution in [0.1, 0.15) is 40.3 Å². The van der Waals surface area contributed by atoms with E-state index in [2.05, 4.69) is 15.1 Å². The van der Waals surface area contributed by atoms with Crippen LogP contribution in [0.25, 0.3) is 11.4 Å². The molecule has 1 unspecified atom stereocenters. The smallest absolute Gasteiger partial charge is 0.367 e. The molecule has 5 rings (SSSR count). The zero-order valence-corrected chi connectivity index (χ0v) is 22.1. The molecule has 1 atom stereocenters. The van der Waals surface area contributed by atoms with Gasteiger partial charge >= 0.3 is 6.18 Å². The summed E-state index contributed by atoms with van der Waals surface area (Å²) in [5.41, 5.74) is 0.370. The quantitative estimate of drug-likeness (QED) is 0.465. The number of benzene rings is 1. The summed E-state index contributed by atoms with van der Waals surface area (Å²) in [5.74, 6) is -1.31. The largest absolute Gasteiger partial charge is 0.434 e. The topological polar surface area (TPSA) is 127 Å². The van der Waals surface area contributed by atoms with Crippen LogP contribution in [0.5, 0.6) is 0 Å². The number of halogens is 5. The van der Waals surface area contributed by atoms with Gasteiger partial charge in [-0.25, -0.2) is 22.9 Å². The van der Waals surface area contributed by atoms with Gasteiger partial charge in [-0.05, 0) is 25.5 Å². The molecule has 3 aromatic rings. The average Bonchev–Trinajstić information content (AvgIpc) is 3.15. The monoisotopic (exact) mass is 587 g/mol. The number of fused-ring (bicyclic) bond motifs is 1. The van der Waals surface area contributed by atoms with E-state index in [9.17, 15) is 30.8 Å². The van der Waals surface area contributed by atoms with Crippen molar-refractivity contribution in [1.82, 2.24) is 24.6 Å². The molecule has 2 aliphatic heterocycles. The number of amides is 1. The Morgan fingerprint density at radius 3 is 2.54 bits per heavy atom. The first-order valence-electron chi connectivity index (χ1n) is 11.7. The number of anilines is 1. The highest BCUT2D eigenvalue weighted by atomic mass is 35.5. The van der Waals surface area contributed by atoms with Crippen molar-refractivity contribution in [3.8, 4) is 11.4 Å². The minimum Gasteiger partial charge on any atom is -0.367 e. The highest BCUT2D eigenvalue weighted by molar-refractivity contribution is 7.89. The molecule has 10 nitrogen and oxygen atoms in total. The number of nitrogens with two attached hydrogens (primary N) is 1. The van der Waals surface area contributed by atoms with Crippen LogP contribution in [0, 0.1) is 5.82 Å². The van der Waals surface area contributed by atoms with Crippen LogP contribution in [-0.4, -0.2) is 63.9 Å². The third-order valence-corrected chi connectivity index (χ3v) is 8.60. The van der Waals surface area contributed by atoms with Crippen molar-refractivity contribution in [2.24, 2.45) is 12.2 Å². The summed E-state index contributed by atoms with van der Waals surface area (Å²) in [7, 11) is -2.21. The molecule has 2 aromatic heterocycles. The van der Waals surface area contributed by atoms with Crippen LogP contribution in [0.15, 0.2) is 24.5 Å². The van der Waals surface area contributed by atoms with Gasteiger partial charge in [-0.3, -0.25) is 14.5 Å². The maximum atomic E-state index is 14.6. The van der Waals surface area contributed by atoms with E-state index < -0.39 is 44.9 Å². The molecule has 1 aromatic carbocycles. The van der Waals surface area contributed by atoms with Crippen LogP contribution in [0.3, 0.4) is 0 Å². The Bertz CT molecular complexity index is 1590. The minimum atomic E-state index is -4.67. The summed E-state index contributed by atoms with van der Waals surface area (Å²) in [4.78, 5) is 24.0. The number of primary sulfonamides is 1. The second kappa shape index (κ2) is 9.41. The summed E-state index contributed by atoms with van der Waals surface area (Å²) >= 11 is 6.51. The zero-order valence-electron chi connectivity index (χ0n) is 20.6. The van der Waals surface area contributed by atoms with Crippen LogP contribution in [0.4, 0.5) is 23.2 Å². The molecular formula is C23H22ClF4N7O3S. The van der Waals surface area contributed by atoms with E-state index in [1.807, 2.05) is 0 Å². The zero-order chi connectivity index (χ0) is 28.4. The molecule has 4 heterocycles. The van der Waals surface area contributed by atoms with Gasteiger partial charge in [-0.2, -0.15) is 18.3 Å². The summed E-state index contributed by atoms with van der Waals surface area (Å²) in [6.07, 6.45) is -2.56. The lowest BCUT2D eigenvalue weighted by Crippen LogP contribution is -2.56. The lowest BCUT2D eigenvalue weighted by atomic mass is 9.96. The van der Waals surface area contributed by atoms with E-state index in [0.717, 1.165) is 12.1 Å². The van der Waals surface area contributed by atoms with Crippen molar-refractivity contribution in [2.45, 2.75) is 30.8 Å². The molecule has 1 saturated heterocycles. The van der Waals surface area contributed by atoms with Gasteiger partial charge in [0.25, 0.3) is 5.91 Å². The Morgan fingerprint density at radius 2 is 1.90 bits per heavy atom. The fraction of sp³-hybridized carbons (Fsp3) is 0.391. The van der Waals surface area contributed by atoms with Crippen LogP contribution >= 0.6 is 11.6 Å². The number of aromatic nitrogens is 4. The fourth-order valence-corrected chi connectivity index (χ4v) is 6.00. The predicted molar refractivity (Wildman–Crippen MR) is 133 cm³/mol.